The number of nitrogens with one attached hydrogen (secondary N) is 1. The molecule has 0 radical (unpaired) electrons. The molecule has 9 N–H and O–H groups in total. The normalized spacial score (nSPS) is 22.6. The van der Waals surface area contributed by atoms with E-state index in [2.05, 4.69) is 48.7 Å². The van der Waals surface area contributed by atoms with Gasteiger partial charge >= 0.3 is 7.82 Å². The summed E-state index contributed by atoms with van der Waals surface area (Å²) in [6.45, 7) is 3.48. The Morgan fingerprint density at radius 3 is 1.46 bits per heavy atom. The number of hydrogen-bond acceptors (Lipinski definition) is 11. The molecule has 13 nitrogen and oxygen atoms in total. The summed E-state index contributed by atoms with van der Waals surface area (Å²) >= 11 is 0. The number of phosphoric ester groups is 1. The third-order valence-electron chi connectivity index (χ3n) is 12.6. The molecule has 0 aromatic carbocycles. The molecule has 68 heavy (non-hydrogen) atoms. The molecule has 1 fully saturated rings. The van der Waals surface area contributed by atoms with Gasteiger partial charge in [-0.3, -0.25) is 13.8 Å². The highest BCUT2D eigenvalue weighted by molar-refractivity contribution is 7.47. The maximum Gasteiger partial charge on any atom is 0.472 e. The molecule has 396 valence electrons. The first-order chi connectivity index (χ1) is 32.8. The molecule has 0 spiro atoms. The largest absolute Gasteiger partial charge is 0.472 e. The molecule has 14 heteroatoms. The van der Waals surface area contributed by atoms with E-state index in [1.165, 1.54) is 134 Å². The molecular weight excluding hydrogens is 886 g/mol. The summed E-state index contributed by atoms with van der Waals surface area (Å²) in [7, 11) is -5.15. The zero-order valence-electron chi connectivity index (χ0n) is 42.3. The Kier molecular flexibility index (Phi) is 40.2. The maximum atomic E-state index is 13.0. The molecule has 1 rings (SSSR count). The Hall–Kier alpha value is -2.00. The third-order valence-corrected chi connectivity index (χ3v) is 13.6. The van der Waals surface area contributed by atoms with Crippen LogP contribution in [0.1, 0.15) is 213 Å². The van der Waals surface area contributed by atoms with Crippen LogP contribution in [0.25, 0.3) is 0 Å². The van der Waals surface area contributed by atoms with Gasteiger partial charge in [-0.25, -0.2) is 4.57 Å². The van der Waals surface area contributed by atoms with Crippen LogP contribution >= 0.6 is 7.82 Å². The second-order valence-corrected chi connectivity index (χ2v) is 20.3. The van der Waals surface area contributed by atoms with E-state index >= 15 is 0 Å². The van der Waals surface area contributed by atoms with Crippen molar-refractivity contribution in [3.63, 3.8) is 0 Å². The van der Waals surface area contributed by atoms with Crippen LogP contribution < -0.4 is 5.32 Å². The highest BCUT2D eigenvalue weighted by atomic mass is 31.2. The summed E-state index contributed by atoms with van der Waals surface area (Å²) in [5, 5.41) is 74.4. The number of allylic oxidation sites excluding steroid dienone is 9. The Morgan fingerprint density at radius 2 is 0.971 bits per heavy atom. The van der Waals surface area contributed by atoms with Crippen LogP contribution in [0.2, 0.25) is 0 Å². The second kappa shape index (κ2) is 42.7. The van der Waals surface area contributed by atoms with Crippen molar-refractivity contribution in [2.24, 2.45) is 0 Å². The summed E-state index contributed by atoms with van der Waals surface area (Å²) < 4.78 is 22.8. The molecule has 0 aliphatic heterocycles. The Morgan fingerprint density at radius 1 is 0.559 bits per heavy atom. The summed E-state index contributed by atoms with van der Waals surface area (Å²) in [6.07, 6.45) is 40.9. The van der Waals surface area contributed by atoms with Crippen molar-refractivity contribution in [1.29, 1.82) is 0 Å². The van der Waals surface area contributed by atoms with E-state index in [0.717, 1.165) is 44.9 Å². The Labute approximate surface area is 411 Å². The lowest BCUT2D eigenvalue weighted by Crippen LogP contribution is -2.64. The predicted octanol–water partition coefficient (Wildman–Crippen LogP) is 10.4. The van der Waals surface area contributed by atoms with Crippen molar-refractivity contribution < 1.29 is 59.0 Å². The average Bonchev–Trinajstić information content (AvgIpc) is 3.31. The van der Waals surface area contributed by atoms with Crippen LogP contribution in [-0.2, 0) is 18.4 Å². The van der Waals surface area contributed by atoms with Crippen molar-refractivity contribution >= 4 is 13.7 Å². The van der Waals surface area contributed by atoms with Crippen molar-refractivity contribution in [1.82, 2.24) is 5.32 Å². The number of amides is 1. The van der Waals surface area contributed by atoms with Gasteiger partial charge in [0.25, 0.3) is 0 Å². The summed E-state index contributed by atoms with van der Waals surface area (Å²) in [5.41, 5.74) is 0. The molecule has 0 heterocycles. The molecular formula is C54H98NO12P. The zero-order valence-corrected chi connectivity index (χ0v) is 43.1. The lowest BCUT2D eigenvalue weighted by molar-refractivity contribution is -0.220. The van der Waals surface area contributed by atoms with Crippen molar-refractivity contribution in [2.45, 2.75) is 268 Å². The van der Waals surface area contributed by atoms with Crippen LogP contribution in [0.5, 0.6) is 0 Å². The van der Waals surface area contributed by atoms with E-state index in [-0.39, 0.29) is 6.42 Å². The first-order valence-electron chi connectivity index (χ1n) is 26.8. The summed E-state index contributed by atoms with van der Waals surface area (Å²) in [4.78, 5) is 23.4. The first kappa shape index (κ1) is 64.0. The molecule has 1 aliphatic carbocycles. The minimum absolute atomic E-state index is 0.259. The van der Waals surface area contributed by atoms with Crippen LogP contribution in [0.4, 0.5) is 0 Å². The summed E-state index contributed by atoms with van der Waals surface area (Å²) in [6, 6.07) is -1.26. The fourth-order valence-electron chi connectivity index (χ4n) is 8.31. The smallest absolute Gasteiger partial charge is 0.393 e. The number of hydrogen-bond donors (Lipinski definition) is 9. The highest BCUT2D eigenvalue weighted by Crippen LogP contribution is 2.47. The van der Waals surface area contributed by atoms with Crippen molar-refractivity contribution in [3.05, 3.63) is 60.8 Å². The van der Waals surface area contributed by atoms with E-state index in [9.17, 15) is 50.0 Å². The van der Waals surface area contributed by atoms with Gasteiger partial charge < -0.3 is 46.0 Å². The van der Waals surface area contributed by atoms with Gasteiger partial charge in [0.1, 0.15) is 36.6 Å². The quantitative estimate of drug-likeness (QED) is 0.0158. The maximum absolute atomic E-state index is 13.0. The van der Waals surface area contributed by atoms with Gasteiger partial charge in [0.15, 0.2) is 0 Å². The molecule has 1 aliphatic rings. The number of aliphatic hydroxyl groups excluding tert-OH is 7. The molecule has 1 saturated carbocycles. The molecule has 0 saturated heterocycles. The fourth-order valence-corrected chi connectivity index (χ4v) is 9.28. The molecule has 0 bridgehead atoms. The Bertz CT molecular complexity index is 1390. The minimum Gasteiger partial charge on any atom is -0.393 e. The lowest BCUT2D eigenvalue weighted by Gasteiger charge is -2.41. The van der Waals surface area contributed by atoms with Crippen LogP contribution in [0.15, 0.2) is 60.8 Å². The number of carbonyl (C=O) groups excluding carboxylic acids is 1. The van der Waals surface area contributed by atoms with Crippen molar-refractivity contribution in [2.75, 3.05) is 6.61 Å². The van der Waals surface area contributed by atoms with E-state index in [0.29, 0.717) is 19.3 Å². The van der Waals surface area contributed by atoms with Gasteiger partial charge in [0.2, 0.25) is 5.91 Å². The number of aliphatic hydroxyl groups is 7. The SMILES string of the molecule is C/C=C/CC/C=C/CC/C=C/C(O)C(COP(=O)(O)OC1C(O)C(O)C(O)C(O)C1O)NC(=O)CC(O)CCCCCCCCCCCCCCC/C=C\C/C=C\CCCCCCCCCCC. The van der Waals surface area contributed by atoms with E-state index < -0.39 is 75.2 Å². The molecule has 0 aromatic heterocycles. The van der Waals surface area contributed by atoms with Gasteiger partial charge in [-0.1, -0.05) is 196 Å². The number of carbonyl (C=O) groups is 1. The highest BCUT2D eigenvalue weighted by Gasteiger charge is 2.51. The van der Waals surface area contributed by atoms with Crippen LogP contribution in [0.3, 0.4) is 0 Å². The minimum atomic E-state index is -5.15. The molecule has 0 aromatic rings. The predicted molar refractivity (Wildman–Crippen MR) is 275 cm³/mol. The monoisotopic (exact) mass is 984 g/mol. The number of rotatable bonds is 44. The van der Waals surface area contributed by atoms with E-state index in [1.807, 2.05) is 19.1 Å². The van der Waals surface area contributed by atoms with E-state index in [1.54, 1.807) is 6.08 Å². The fraction of sp³-hybridized carbons (Fsp3) is 0.796. The summed E-state index contributed by atoms with van der Waals surface area (Å²) in [5.74, 6) is -0.611. The Balaban J connectivity index is 2.27. The molecule has 8 unspecified atom stereocenters. The topological polar surface area (TPSA) is 226 Å². The van der Waals surface area contributed by atoms with Gasteiger partial charge in [0, 0.05) is 0 Å². The van der Waals surface area contributed by atoms with Gasteiger partial charge in [-0.2, -0.15) is 0 Å². The lowest BCUT2D eigenvalue weighted by atomic mass is 9.85. The molecule has 8 atom stereocenters. The standard InChI is InChI=1S/C54H98NO12P/c1-3-5-7-9-11-13-14-15-16-17-18-19-20-21-22-23-24-25-26-27-28-29-30-31-32-34-35-37-39-41-45(56)43-48(58)55-46(47(57)42-40-38-36-33-12-10-8-6-4-2)44-66-68(64,65)67-54-52(62)50(60)49(59)51(61)53(54)63/h4,6,12,18-19,21-22,33,40,42,45-47,49-54,56-57,59-63H,3,5,7-11,13-17,20,23-32,34-39,41,43-44H2,1-2H3,(H,55,58)(H,64,65)/b6-4+,19-18-,22-21-,33-12+,42-40+. The van der Waals surface area contributed by atoms with Gasteiger partial charge in [0.05, 0.1) is 31.3 Å². The number of unbranched alkanes of at least 4 members (excludes halogenated alkanes) is 24. The van der Waals surface area contributed by atoms with Gasteiger partial charge in [-0.05, 0) is 71.1 Å². The molecule has 1 amide bonds. The number of phosphoric acid groups is 1. The zero-order chi connectivity index (χ0) is 50.1. The third kappa shape index (κ3) is 33.6. The first-order valence-corrected chi connectivity index (χ1v) is 28.3. The average molecular weight is 984 g/mol. The van der Waals surface area contributed by atoms with E-state index in [4.69, 9.17) is 9.05 Å². The van der Waals surface area contributed by atoms with Gasteiger partial charge in [-0.15, -0.1) is 0 Å². The second-order valence-electron chi connectivity index (χ2n) is 18.9. The van der Waals surface area contributed by atoms with Crippen molar-refractivity contribution in [3.8, 4) is 0 Å². The van der Waals surface area contributed by atoms with Crippen LogP contribution in [-0.4, -0.2) is 108 Å². The van der Waals surface area contributed by atoms with Crippen LogP contribution in [0, 0.1) is 0 Å².